The normalized spacial score (nSPS) is 32.9. The third kappa shape index (κ3) is 2.00. The molecule has 1 saturated carbocycles. The molecule has 0 aromatic heterocycles. The lowest BCUT2D eigenvalue weighted by atomic mass is 9.99. The summed E-state index contributed by atoms with van der Waals surface area (Å²) >= 11 is 0. The smallest absolute Gasteiger partial charge is 0.0338 e. The molecule has 3 atom stereocenters. The van der Waals surface area contributed by atoms with Gasteiger partial charge in [-0.15, -0.1) is 0 Å². The van der Waals surface area contributed by atoms with E-state index in [0.717, 1.165) is 25.0 Å². The van der Waals surface area contributed by atoms with Crippen molar-refractivity contribution < 1.29 is 0 Å². The van der Waals surface area contributed by atoms with Crippen LogP contribution in [0.2, 0.25) is 0 Å². The van der Waals surface area contributed by atoms with Crippen LogP contribution in [0, 0.1) is 5.92 Å². The highest BCUT2D eigenvalue weighted by molar-refractivity contribution is 5.31. The second-order valence-corrected chi connectivity index (χ2v) is 5.20. The number of benzene rings is 1. The minimum Gasteiger partial charge on any atom is -0.313 e. The van der Waals surface area contributed by atoms with Crippen LogP contribution in [-0.2, 0) is 6.54 Å². The highest BCUT2D eigenvalue weighted by atomic mass is 15.0. The highest BCUT2D eigenvalue weighted by Crippen LogP contribution is 2.33. The molecule has 3 unspecified atom stereocenters. The molecular weight excluding hydrogens is 196 g/mol. The summed E-state index contributed by atoms with van der Waals surface area (Å²) in [5.74, 6) is 0.878. The summed E-state index contributed by atoms with van der Waals surface area (Å²) in [7, 11) is 0. The second-order valence-electron chi connectivity index (χ2n) is 5.20. The minimum atomic E-state index is 0.557. The van der Waals surface area contributed by atoms with Crippen LogP contribution >= 0.6 is 0 Å². The number of rotatable bonds is 2. The molecule has 1 aliphatic heterocycles. The van der Waals surface area contributed by atoms with Gasteiger partial charge >= 0.3 is 0 Å². The topological polar surface area (TPSA) is 24.1 Å². The molecule has 1 heterocycles. The average molecular weight is 216 g/mol. The quantitative estimate of drug-likeness (QED) is 0.792. The third-order valence-corrected chi connectivity index (χ3v) is 3.88. The molecule has 16 heavy (non-hydrogen) atoms. The van der Waals surface area contributed by atoms with Crippen molar-refractivity contribution in [3.8, 4) is 0 Å². The van der Waals surface area contributed by atoms with Crippen molar-refractivity contribution in [3.63, 3.8) is 0 Å². The zero-order valence-electron chi connectivity index (χ0n) is 9.87. The monoisotopic (exact) mass is 216 g/mol. The molecule has 0 amide bonds. The zero-order chi connectivity index (χ0) is 11.0. The largest absolute Gasteiger partial charge is 0.313 e. The van der Waals surface area contributed by atoms with Crippen LogP contribution in [0.5, 0.6) is 0 Å². The van der Waals surface area contributed by atoms with E-state index in [0.29, 0.717) is 6.04 Å². The Bertz CT molecular complexity index is 375. The van der Waals surface area contributed by atoms with Crippen molar-refractivity contribution in [2.24, 2.45) is 5.92 Å². The van der Waals surface area contributed by atoms with Gasteiger partial charge in [0.15, 0.2) is 0 Å². The first kappa shape index (κ1) is 10.3. The fourth-order valence-corrected chi connectivity index (χ4v) is 2.65. The summed E-state index contributed by atoms with van der Waals surface area (Å²) in [4.78, 5) is 0. The van der Waals surface area contributed by atoms with Gasteiger partial charge in [-0.25, -0.2) is 0 Å². The molecule has 1 aliphatic carbocycles. The van der Waals surface area contributed by atoms with Crippen molar-refractivity contribution in [2.45, 2.75) is 38.4 Å². The molecule has 1 aromatic carbocycles. The molecule has 1 fully saturated rings. The lowest BCUT2D eigenvalue weighted by molar-refractivity contribution is 0.483. The van der Waals surface area contributed by atoms with E-state index in [1.807, 2.05) is 0 Å². The van der Waals surface area contributed by atoms with Crippen LogP contribution in [0.1, 0.15) is 36.9 Å². The highest BCUT2D eigenvalue weighted by Gasteiger charge is 2.34. The predicted octanol–water partition coefficient (Wildman–Crippen LogP) is 2.22. The Hall–Kier alpha value is -0.860. The number of nitrogens with one attached hydrogen (secondary N) is 2. The van der Waals surface area contributed by atoms with E-state index in [4.69, 9.17) is 0 Å². The Morgan fingerprint density at radius 3 is 2.94 bits per heavy atom. The van der Waals surface area contributed by atoms with Crippen LogP contribution in [0.25, 0.3) is 0 Å². The molecule has 2 N–H and O–H groups in total. The minimum absolute atomic E-state index is 0.557. The molecule has 1 aromatic rings. The number of fused-ring (bicyclic) bond motifs is 1. The molecule has 0 bridgehead atoms. The molecule has 2 aliphatic rings. The van der Waals surface area contributed by atoms with Crippen molar-refractivity contribution >= 4 is 0 Å². The molecule has 0 radical (unpaired) electrons. The molecule has 2 nitrogen and oxygen atoms in total. The lowest BCUT2D eigenvalue weighted by Crippen LogP contribution is -2.25. The Morgan fingerprint density at radius 1 is 1.31 bits per heavy atom. The summed E-state index contributed by atoms with van der Waals surface area (Å²) in [6.07, 6.45) is 2.56. The van der Waals surface area contributed by atoms with E-state index in [9.17, 15) is 0 Å². The van der Waals surface area contributed by atoms with E-state index in [1.165, 1.54) is 24.0 Å². The third-order valence-electron chi connectivity index (χ3n) is 3.88. The molecule has 2 heteroatoms. The van der Waals surface area contributed by atoms with Gasteiger partial charge in [-0.3, -0.25) is 0 Å². The van der Waals surface area contributed by atoms with Crippen LogP contribution in [0.4, 0.5) is 0 Å². The van der Waals surface area contributed by atoms with Gasteiger partial charge in [-0.2, -0.15) is 0 Å². The van der Waals surface area contributed by atoms with Crippen molar-refractivity contribution in [2.75, 3.05) is 6.54 Å². The standard InChI is InChI=1S/C14H20N2/c1-10-8-14(10)16-13-6-7-15-9-11-4-2-3-5-12(11)13/h2-5,10,13-16H,6-9H2,1H3. The van der Waals surface area contributed by atoms with Gasteiger partial charge in [0.1, 0.15) is 0 Å². The SMILES string of the molecule is CC1CC1NC1CCNCc2ccccc21. The molecule has 3 rings (SSSR count). The Balaban J connectivity index is 1.81. The van der Waals surface area contributed by atoms with Gasteiger partial charge in [0.25, 0.3) is 0 Å². The average Bonchev–Trinajstić information content (AvgIpc) is 3.03. The summed E-state index contributed by atoms with van der Waals surface area (Å²) in [6.45, 7) is 4.47. The maximum absolute atomic E-state index is 3.80. The summed E-state index contributed by atoms with van der Waals surface area (Å²) < 4.78 is 0. The summed E-state index contributed by atoms with van der Waals surface area (Å²) in [5, 5.41) is 7.30. The zero-order valence-corrected chi connectivity index (χ0v) is 9.87. The van der Waals surface area contributed by atoms with Crippen LogP contribution < -0.4 is 10.6 Å². The number of hydrogen-bond acceptors (Lipinski definition) is 2. The first-order valence-corrected chi connectivity index (χ1v) is 6.39. The van der Waals surface area contributed by atoms with E-state index in [1.54, 1.807) is 0 Å². The lowest BCUT2D eigenvalue weighted by Gasteiger charge is -2.19. The molecular formula is C14H20N2. The maximum atomic E-state index is 3.80. The van der Waals surface area contributed by atoms with Gasteiger partial charge in [-0.05, 0) is 36.4 Å². The maximum Gasteiger partial charge on any atom is 0.0338 e. The van der Waals surface area contributed by atoms with Gasteiger partial charge in [0.2, 0.25) is 0 Å². The second kappa shape index (κ2) is 4.19. The Labute approximate surface area is 97.4 Å². The van der Waals surface area contributed by atoms with Crippen LogP contribution in [0.3, 0.4) is 0 Å². The fraction of sp³-hybridized carbons (Fsp3) is 0.571. The van der Waals surface area contributed by atoms with Crippen LogP contribution in [-0.4, -0.2) is 12.6 Å². The van der Waals surface area contributed by atoms with E-state index >= 15 is 0 Å². The van der Waals surface area contributed by atoms with Crippen molar-refractivity contribution in [1.82, 2.24) is 10.6 Å². The van der Waals surface area contributed by atoms with E-state index < -0.39 is 0 Å². The van der Waals surface area contributed by atoms with Crippen LogP contribution in [0.15, 0.2) is 24.3 Å². The van der Waals surface area contributed by atoms with E-state index in [2.05, 4.69) is 41.8 Å². The van der Waals surface area contributed by atoms with Gasteiger partial charge in [0, 0.05) is 18.6 Å². The van der Waals surface area contributed by atoms with Gasteiger partial charge < -0.3 is 10.6 Å². The fourth-order valence-electron chi connectivity index (χ4n) is 2.65. The summed E-state index contributed by atoms with van der Waals surface area (Å²) in [6, 6.07) is 10.2. The molecule has 0 spiro atoms. The van der Waals surface area contributed by atoms with Gasteiger partial charge in [0.05, 0.1) is 0 Å². The first-order valence-electron chi connectivity index (χ1n) is 6.39. The first-order chi connectivity index (χ1) is 7.84. The summed E-state index contributed by atoms with van der Waals surface area (Å²) in [5.41, 5.74) is 2.97. The predicted molar refractivity (Wildman–Crippen MR) is 66.2 cm³/mol. The van der Waals surface area contributed by atoms with Gasteiger partial charge in [-0.1, -0.05) is 31.2 Å². The number of hydrogen-bond donors (Lipinski definition) is 2. The molecule has 86 valence electrons. The Morgan fingerprint density at radius 2 is 2.12 bits per heavy atom. The van der Waals surface area contributed by atoms with Crippen molar-refractivity contribution in [1.29, 1.82) is 0 Å². The van der Waals surface area contributed by atoms with Crippen molar-refractivity contribution in [3.05, 3.63) is 35.4 Å². The Kier molecular flexibility index (Phi) is 2.70. The van der Waals surface area contributed by atoms with E-state index in [-0.39, 0.29) is 0 Å². The molecule has 0 saturated heterocycles.